The molecule has 108 valence electrons. The molecule has 2 aliphatic carbocycles. The van der Waals surface area contributed by atoms with Crippen LogP contribution in [0.5, 0.6) is 0 Å². The highest BCUT2D eigenvalue weighted by atomic mass is 19.3. The van der Waals surface area contributed by atoms with E-state index in [0.717, 1.165) is 12.1 Å². The average molecular weight is 281 g/mol. The van der Waals surface area contributed by atoms with Crippen molar-refractivity contribution in [3.63, 3.8) is 0 Å². The van der Waals surface area contributed by atoms with Gasteiger partial charge in [0.15, 0.2) is 0 Å². The lowest BCUT2D eigenvalue weighted by molar-refractivity contribution is -0.142. The predicted molar refractivity (Wildman–Crippen MR) is 70.8 cm³/mol. The van der Waals surface area contributed by atoms with Crippen LogP contribution in [0.3, 0.4) is 0 Å². The number of alkyl halides is 2. The molecule has 5 heteroatoms. The van der Waals surface area contributed by atoms with Gasteiger partial charge in [-0.3, -0.25) is 4.79 Å². The SMILES string of the molecule is COC(=O)[C@@H]1C[C@H]1CNc1ccccc1C1CC1(F)F. The van der Waals surface area contributed by atoms with E-state index < -0.39 is 11.8 Å². The molecule has 1 unspecified atom stereocenters. The summed E-state index contributed by atoms with van der Waals surface area (Å²) in [7, 11) is 1.38. The van der Waals surface area contributed by atoms with Crippen LogP contribution in [0.2, 0.25) is 0 Å². The van der Waals surface area contributed by atoms with Gasteiger partial charge in [0.05, 0.1) is 18.9 Å². The van der Waals surface area contributed by atoms with Crippen molar-refractivity contribution in [3.05, 3.63) is 29.8 Å². The summed E-state index contributed by atoms with van der Waals surface area (Å²) < 4.78 is 31.1. The van der Waals surface area contributed by atoms with Crippen LogP contribution in [0.4, 0.5) is 14.5 Å². The molecule has 3 rings (SSSR count). The number of carbonyl (C=O) groups is 1. The summed E-state index contributed by atoms with van der Waals surface area (Å²) >= 11 is 0. The van der Waals surface area contributed by atoms with Crippen LogP contribution in [-0.2, 0) is 9.53 Å². The number of esters is 1. The molecule has 1 aromatic carbocycles. The first-order chi connectivity index (χ1) is 9.53. The maximum absolute atomic E-state index is 13.2. The van der Waals surface area contributed by atoms with Gasteiger partial charge >= 0.3 is 5.97 Å². The van der Waals surface area contributed by atoms with Gasteiger partial charge in [0.1, 0.15) is 0 Å². The maximum atomic E-state index is 13.2. The van der Waals surface area contributed by atoms with E-state index in [4.69, 9.17) is 0 Å². The Morgan fingerprint density at radius 2 is 2.15 bits per heavy atom. The highest BCUT2D eigenvalue weighted by Gasteiger charge is 2.58. The number of para-hydroxylation sites is 1. The second kappa shape index (κ2) is 4.72. The Labute approximate surface area is 116 Å². The fourth-order valence-electron chi connectivity index (χ4n) is 2.67. The molecule has 0 spiro atoms. The lowest BCUT2D eigenvalue weighted by atomic mass is 10.1. The molecule has 1 N–H and O–H groups in total. The second-order valence-electron chi connectivity index (χ2n) is 5.61. The van der Waals surface area contributed by atoms with Crippen molar-refractivity contribution in [3.8, 4) is 0 Å². The third-order valence-electron chi connectivity index (χ3n) is 4.14. The standard InChI is InChI=1S/C15H17F2NO2/c1-20-14(19)11-6-9(11)8-18-13-5-3-2-4-10(13)12-7-15(12,16)17/h2-5,9,11-12,18H,6-8H2,1H3/t9-,11+,12?/m0/s1. The van der Waals surface area contributed by atoms with Crippen LogP contribution >= 0.6 is 0 Å². The number of anilines is 1. The summed E-state index contributed by atoms with van der Waals surface area (Å²) in [5.41, 5.74) is 1.43. The first kappa shape index (κ1) is 13.3. The van der Waals surface area contributed by atoms with E-state index >= 15 is 0 Å². The van der Waals surface area contributed by atoms with Gasteiger partial charge < -0.3 is 10.1 Å². The highest BCUT2D eigenvalue weighted by Crippen LogP contribution is 2.57. The van der Waals surface area contributed by atoms with Crippen LogP contribution in [0.25, 0.3) is 0 Å². The van der Waals surface area contributed by atoms with Crippen LogP contribution in [0, 0.1) is 11.8 Å². The van der Waals surface area contributed by atoms with E-state index in [1.807, 2.05) is 12.1 Å². The van der Waals surface area contributed by atoms with Crippen LogP contribution in [0.15, 0.2) is 24.3 Å². The molecule has 0 bridgehead atoms. The molecule has 0 radical (unpaired) electrons. The maximum Gasteiger partial charge on any atom is 0.309 e. The molecule has 3 atom stereocenters. The Morgan fingerprint density at radius 1 is 1.45 bits per heavy atom. The van der Waals surface area contributed by atoms with Crippen molar-refractivity contribution < 1.29 is 18.3 Å². The van der Waals surface area contributed by atoms with Gasteiger partial charge in [0, 0.05) is 18.7 Å². The van der Waals surface area contributed by atoms with Gasteiger partial charge in [-0.05, 0) is 24.0 Å². The summed E-state index contributed by atoms with van der Waals surface area (Å²) in [5.74, 6) is -3.20. The summed E-state index contributed by atoms with van der Waals surface area (Å²) in [6.07, 6.45) is 0.737. The number of hydrogen-bond donors (Lipinski definition) is 1. The minimum absolute atomic E-state index is 0.0398. The molecular weight excluding hydrogens is 264 g/mol. The van der Waals surface area contributed by atoms with Gasteiger partial charge in [0.2, 0.25) is 0 Å². The first-order valence-electron chi connectivity index (χ1n) is 6.81. The van der Waals surface area contributed by atoms with Gasteiger partial charge in [-0.15, -0.1) is 0 Å². The van der Waals surface area contributed by atoms with E-state index in [2.05, 4.69) is 10.1 Å². The lowest BCUT2D eigenvalue weighted by Crippen LogP contribution is -2.11. The van der Waals surface area contributed by atoms with Gasteiger partial charge in [0.25, 0.3) is 5.92 Å². The van der Waals surface area contributed by atoms with Gasteiger partial charge in [-0.25, -0.2) is 8.78 Å². The number of ether oxygens (including phenoxy) is 1. The van der Waals surface area contributed by atoms with Crippen LogP contribution < -0.4 is 5.32 Å². The zero-order chi connectivity index (χ0) is 14.3. The molecule has 2 aliphatic rings. The van der Waals surface area contributed by atoms with E-state index in [1.165, 1.54) is 7.11 Å². The number of hydrogen-bond acceptors (Lipinski definition) is 3. The molecule has 2 saturated carbocycles. The molecule has 0 heterocycles. The monoisotopic (exact) mass is 281 g/mol. The smallest absolute Gasteiger partial charge is 0.309 e. The molecule has 1 aromatic rings. The van der Waals surface area contributed by atoms with Crippen molar-refractivity contribution in [1.29, 1.82) is 0 Å². The van der Waals surface area contributed by atoms with Crippen LogP contribution in [-0.4, -0.2) is 25.5 Å². The summed E-state index contributed by atoms with van der Waals surface area (Å²) in [6.45, 7) is 0.620. The number of carbonyl (C=O) groups excluding carboxylic acids is 1. The lowest BCUT2D eigenvalue weighted by Gasteiger charge is -2.11. The first-order valence-corrected chi connectivity index (χ1v) is 6.81. The minimum atomic E-state index is -2.56. The molecule has 0 aromatic heterocycles. The zero-order valence-electron chi connectivity index (χ0n) is 11.2. The van der Waals surface area contributed by atoms with Crippen molar-refractivity contribution in [2.24, 2.45) is 11.8 Å². The van der Waals surface area contributed by atoms with Crippen molar-refractivity contribution in [2.45, 2.75) is 24.7 Å². The predicted octanol–water partition coefficient (Wildman–Crippen LogP) is 3.03. The third-order valence-corrected chi connectivity index (χ3v) is 4.14. The number of rotatable bonds is 5. The topological polar surface area (TPSA) is 38.3 Å². The number of halogens is 2. The number of methoxy groups -OCH3 is 1. The van der Waals surface area contributed by atoms with E-state index in [0.29, 0.717) is 12.1 Å². The fourth-order valence-corrected chi connectivity index (χ4v) is 2.67. The molecule has 20 heavy (non-hydrogen) atoms. The Morgan fingerprint density at radius 3 is 2.80 bits per heavy atom. The van der Waals surface area contributed by atoms with E-state index in [1.54, 1.807) is 12.1 Å². The third kappa shape index (κ3) is 2.49. The summed E-state index contributed by atoms with van der Waals surface area (Å²) in [6, 6.07) is 7.18. The summed E-state index contributed by atoms with van der Waals surface area (Å²) in [4.78, 5) is 11.3. The molecule has 0 saturated heterocycles. The van der Waals surface area contributed by atoms with Crippen LogP contribution in [0.1, 0.15) is 24.3 Å². The second-order valence-corrected chi connectivity index (χ2v) is 5.61. The van der Waals surface area contributed by atoms with Crippen molar-refractivity contribution in [1.82, 2.24) is 0 Å². The minimum Gasteiger partial charge on any atom is -0.469 e. The van der Waals surface area contributed by atoms with Crippen molar-refractivity contribution >= 4 is 11.7 Å². The molecule has 2 fully saturated rings. The van der Waals surface area contributed by atoms with E-state index in [-0.39, 0.29) is 24.2 Å². The molecule has 0 aliphatic heterocycles. The Hall–Kier alpha value is -1.65. The highest BCUT2D eigenvalue weighted by molar-refractivity contribution is 5.75. The molecular formula is C15H17F2NO2. The average Bonchev–Trinajstić information content (AvgIpc) is 3.32. The quantitative estimate of drug-likeness (QED) is 0.843. The fraction of sp³-hybridized carbons (Fsp3) is 0.533. The Kier molecular flexibility index (Phi) is 3.15. The molecule has 0 amide bonds. The van der Waals surface area contributed by atoms with E-state index in [9.17, 15) is 13.6 Å². The number of nitrogens with one attached hydrogen (secondary N) is 1. The summed E-state index contributed by atoms with van der Waals surface area (Å²) in [5, 5.41) is 3.20. The Bertz CT molecular complexity index is 532. The van der Waals surface area contributed by atoms with Gasteiger partial charge in [-0.2, -0.15) is 0 Å². The Balaban J connectivity index is 1.60. The number of benzene rings is 1. The molecule has 3 nitrogen and oxygen atoms in total. The zero-order valence-corrected chi connectivity index (χ0v) is 11.2. The normalized spacial score (nSPS) is 29.6. The van der Waals surface area contributed by atoms with Gasteiger partial charge in [-0.1, -0.05) is 18.2 Å². The largest absolute Gasteiger partial charge is 0.469 e. The van der Waals surface area contributed by atoms with Crippen molar-refractivity contribution in [2.75, 3.05) is 19.0 Å².